The van der Waals surface area contributed by atoms with E-state index in [1.165, 1.54) is 60.4 Å². The van der Waals surface area contributed by atoms with Crippen LogP contribution in [0.25, 0.3) is 71.6 Å². The van der Waals surface area contributed by atoms with E-state index in [0.717, 1.165) is 28.3 Å². The van der Waals surface area contributed by atoms with Crippen LogP contribution in [0.2, 0.25) is 0 Å². The summed E-state index contributed by atoms with van der Waals surface area (Å²) in [5.74, 6) is 0. The second-order valence-corrected chi connectivity index (χ2v) is 13.8. The lowest BCUT2D eigenvalue weighted by Crippen LogP contribution is -2.10. The summed E-state index contributed by atoms with van der Waals surface area (Å²) in [6.07, 6.45) is 0. The van der Waals surface area contributed by atoms with Crippen LogP contribution in [0.4, 0.5) is 17.1 Å². The third kappa shape index (κ3) is 5.62. The van der Waals surface area contributed by atoms with Crippen LogP contribution < -0.4 is 4.90 Å². The van der Waals surface area contributed by atoms with Gasteiger partial charge in [-0.25, -0.2) is 0 Å². The minimum atomic E-state index is 1.09. The van der Waals surface area contributed by atoms with Gasteiger partial charge in [0.05, 0.1) is 11.0 Å². The molecular weight excluding hydrogens is 653 g/mol. The summed E-state index contributed by atoms with van der Waals surface area (Å²) in [6.45, 7) is 0. The average Bonchev–Trinajstić information content (AvgIpc) is 3.59. The standard InChI is InChI=1S/C52H36N2/c1-5-14-37(15-6-1)39-26-29-45(30-27-39)53(46-31-28-42-34-41(24-25-43(42)35-46)38-16-7-2-8-17-38)47-32-33-49-51(36-47)54(44-20-11-4-12-21-44)50-23-13-22-48(52(49)50)40-18-9-3-10-19-40/h1-36H. The topological polar surface area (TPSA) is 8.17 Å². The Morgan fingerprint density at radius 1 is 0.315 bits per heavy atom. The Morgan fingerprint density at radius 3 is 1.54 bits per heavy atom. The van der Waals surface area contributed by atoms with E-state index in [0.29, 0.717) is 0 Å². The van der Waals surface area contributed by atoms with Crippen molar-refractivity contribution in [1.29, 1.82) is 0 Å². The lowest BCUT2D eigenvalue weighted by Gasteiger charge is -2.26. The number of aromatic nitrogens is 1. The second-order valence-electron chi connectivity index (χ2n) is 13.8. The van der Waals surface area contributed by atoms with Gasteiger partial charge in [0.15, 0.2) is 0 Å². The van der Waals surface area contributed by atoms with Crippen molar-refractivity contribution in [2.45, 2.75) is 0 Å². The highest BCUT2D eigenvalue weighted by Gasteiger charge is 2.20. The lowest BCUT2D eigenvalue weighted by atomic mass is 9.99. The molecule has 0 bridgehead atoms. The Bertz CT molecular complexity index is 2890. The van der Waals surface area contributed by atoms with Crippen LogP contribution in [-0.4, -0.2) is 4.57 Å². The Hall–Kier alpha value is -7.16. The zero-order valence-corrected chi connectivity index (χ0v) is 29.7. The minimum Gasteiger partial charge on any atom is -0.310 e. The summed E-state index contributed by atoms with van der Waals surface area (Å²) in [7, 11) is 0. The van der Waals surface area contributed by atoms with Gasteiger partial charge in [0.25, 0.3) is 0 Å². The second kappa shape index (κ2) is 13.4. The van der Waals surface area contributed by atoms with E-state index in [9.17, 15) is 0 Å². The SMILES string of the molecule is c1ccc(-c2ccc(N(c3ccc4cc(-c5ccccc5)ccc4c3)c3ccc4c5c(-c6ccccc6)cccc5n(-c5ccccc5)c4c3)cc2)cc1. The molecule has 0 radical (unpaired) electrons. The number of anilines is 3. The van der Waals surface area contributed by atoms with Gasteiger partial charge in [-0.05, 0) is 105 Å². The molecule has 0 atom stereocenters. The van der Waals surface area contributed by atoms with Crippen LogP contribution in [0.3, 0.4) is 0 Å². The number of para-hydroxylation sites is 1. The summed E-state index contributed by atoms with van der Waals surface area (Å²) < 4.78 is 2.42. The third-order valence-corrected chi connectivity index (χ3v) is 10.6. The molecule has 0 unspecified atom stereocenters. The lowest BCUT2D eigenvalue weighted by molar-refractivity contribution is 1.18. The highest BCUT2D eigenvalue weighted by atomic mass is 15.1. The van der Waals surface area contributed by atoms with Gasteiger partial charge in [0.2, 0.25) is 0 Å². The van der Waals surface area contributed by atoms with E-state index < -0.39 is 0 Å². The highest BCUT2D eigenvalue weighted by Crippen LogP contribution is 2.43. The molecule has 0 spiro atoms. The minimum absolute atomic E-state index is 1.09. The van der Waals surface area contributed by atoms with Gasteiger partial charge in [-0.1, -0.05) is 158 Å². The van der Waals surface area contributed by atoms with Crippen molar-refractivity contribution in [2.75, 3.05) is 4.90 Å². The van der Waals surface area contributed by atoms with Gasteiger partial charge in [-0.15, -0.1) is 0 Å². The number of nitrogens with zero attached hydrogens (tertiary/aromatic N) is 2. The van der Waals surface area contributed by atoms with E-state index in [1.807, 2.05) is 0 Å². The van der Waals surface area contributed by atoms with Crippen molar-refractivity contribution in [1.82, 2.24) is 4.57 Å². The monoisotopic (exact) mass is 688 g/mol. The Kier molecular flexibility index (Phi) is 7.85. The van der Waals surface area contributed by atoms with E-state index in [1.54, 1.807) is 0 Å². The van der Waals surface area contributed by atoms with Crippen LogP contribution in [0, 0.1) is 0 Å². The number of hydrogen-bond donors (Lipinski definition) is 0. The van der Waals surface area contributed by atoms with Gasteiger partial charge < -0.3 is 9.47 Å². The summed E-state index contributed by atoms with van der Waals surface area (Å²) in [6, 6.07) is 78.9. The number of hydrogen-bond acceptors (Lipinski definition) is 1. The van der Waals surface area contributed by atoms with Gasteiger partial charge in [0, 0.05) is 33.5 Å². The number of fused-ring (bicyclic) bond motifs is 4. The molecule has 254 valence electrons. The molecule has 9 aromatic carbocycles. The summed E-state index contributed by atoms with van der Waals surface area (Å²) in [5, 5.41) is 4.90. The first-order chi connectivity index (χ1) is 26.8. The van der Waals surface area contributed by atoms with Crippen LogP contribution in [0.15, 0.2) is 218 Å². The van der Waals surface area contributed by atoms with Crippen molar-refractivity contribution in [2.24, 2.45) is 0 Å². The van der Waals surface area contributed by atoms with E-state index in [-0.39, 0.29) is 0 Å². The first kappa shape index (κ1) is 31.6. The maximum Gasteiger partial charge on any atom is 0.0562 e. The smallest absolute Gasteiger partial charge is 0.0562 e. The molecule has 1 heterocycles. The highest BCUT2D eigenvalue weighted by molar-refractivity contribution is 6.16. The molecule has 0 aliphatic rings. The molecule has 2 nitrogen and oxygen atoms in total. The Balaban J connectivity index is 1.18. The Morgan fingerprint density at radius 2 is 0.833 bits per heavy atom. The summed E-state index contributed by atoms with van der Waals surface area (Å²) in [4.78, 5) is 2.39. The zero-order valence-electron chi connectivity index (χ0n) is 29.7. The summed E-state index contributed by atoms with van der Waals surface area (Å²) in [5.41, 5.74) is 14.1. The van der Waals surface area contributed by atoms with Crippen molar-refractivity contribution >= 4 is 49.6 Å². The van der Waals surface area contributed by atoms with Gasteiger partial charge in [0.1, 0.15) is 0 Å². The molecule has 0 saturated heterocycles. The molecule has 0 aliphatic carbocycles. The molecule has 0 amide bonds. The normalized spacial score (nSPS) is 11.3. The van der Waals surface area contributed by atoms with Crippen molar-refractivity contribution in [3.05, 3.63) is 218 Å². The third-order valence-electron chi connectivity index (χ3n) is 10.6. The largest absolute Gasteiger partial charge is 0.310 e. The van der Waals surface area contributed by atoms with Crippen LogP contribution in [0.5, 0.6) is 0 Å². The van der Waals surface area contributed by atoms with Crippen LogP contribution in [-0.2, 0) is 0 Å². The fourth-order valence-corrected chi connectivity index (χ4v) is 7.97. The molecule has 2 heteroatoms. The van der Waals surface area contributed by atoms with Crippen molar-refractivity contribution in [3.63, 3.8) is 0 Å². The predicted molar refractivity (Wildman–Crippen MR) is 229 cm³/mol. The molecule has 0 aliphatic heterocycles. The predicted octanol–water partition coefficient (Wildman–Crippen LogP) is 14.4. The quantitative estimate of drug-likeness (QED) is 0.162. The van der Waals surface area contributed by atoms with Gasteiger partial charge in [-0.2, -0.15) is 0 Å². The van der Waals surface area contributed by atoms with Crippen molar-refractivity contribution < 1.29 is 0 Å². The number of rotatable bonds is 7. The molecule has 0 N–H and O–H groups in total. The molecule has 1 aromatic heterocycles. The molecule has 0 fully saturated rings. The molecular formula is C52H36N2. The number of benzene rings is 9. The molecule has 54 heavy (non-hydrogen) atoms. The maximum atomic E-state index is 2.42. The fourth-order valence-electron chi connectivity index (χ4n) is 7.97. The fraction of sp³-hybridized carbons (Fsp3) is 0. The van der Waals surface area contributed by atoms with Gasteiger partial charge in [-0.3, -0.25) is 0 Å². The van der Waals surface area contributed by atoms with E-state index >= 15 is 0 Å². The van der Waals surface area contributed by atoms with E-state index in [2.05, 4.69) is 228 Å². The van der Waals surface area contributed by atoms with E-state index in [4.69, 9.17) is 0 Å². The maximum absolute atomic E-state index is 2.42. The molecule has 0 saturated carbocycles. The summed E-state index contributed by atoms with van der Waals surface area (Å²) >= 11 is 0. The molecule has 10 rings (SSSR count). The zero-order chi connectivity index (χ0) is 35.8. The molecule has 10 aromatic rings. The average molecular weight is 689 g/mol. The first-order valence-corrected chi connectivity index (χ1v) is 18.5. The van der Waals surface area contributed by atoms with Crippen LogP contribution in [0.1, 0.15) is 0 Å². The van der Waals surface area contributed by atoms with Gasteiger partial charge >= 0.3 is 0 Å². The van der Waals surface area contributed by atoms with Crippen molar-refractivity contribution in [3.8, 4) is 39.1 Å². The Labute approximate surface area is 315 Å². The van der Waals surface area contributed by atoms with Crippen LogP contribution >= 0.6 is 0 Å². The first-order valence-electron chi connectivity index (χ1n) is 18.5.